The fourth-order valence-corrected chi connectivity index (χ4v) is 5.59. The van der Waals surface area contributed by atoms with Crippen LogP contribution in [-0.2, 0) is 10.0 Å². The first kappa shape index (κ1) is 21.6. The van der Waals surface area contributed by atoms with E-state index in [1.165, 1.54) is 0 Å². The van der Waals surface area contributed by atoms with Crippen molar-refractivity contribution in [1.29, 1.82) is 0 Å². The van der Waals surface area contributed by atoms with Crippen molar-refractivity contribution in [2.24, 2.45) is 0 Å². The van der Waals surface area contributed by atoms with Gasteiger partial charge in [0.1, 0.15) is 0 Å². The molecule has 5 rings (SSSR count). The molecular formula is C23H25N5O4S. The van der Waals surface area contributed by atoms with Crippen LogP contribution in [0.1, 0.15) is 56.1 Å². The van der Waals surface area contributed by atoms with E-state index < -0.39 is 16.1 Å². The standard InChI is InChI=1S/C23H25N5O4S/c1-14-7-10-18(11-8-14)33(30,31)27-15(2)22-25-21(26-32-22)16-9-12-20-19(13-16)24-23(29)28(20)17-5-3-4-6-17/h7-13,15,17,27H,3-6H2,1-2H3,(H,24,29)/t15-/m0/s1. The average molecular weight is 468 g/mol. The first-order chi connectivity index (χ1) is 15.8. The van der Waals surface area contributed by atoms with E-state index in [1.807, 2.05) is 29.7 Å². The lowest BCUT2D eigenvalue weighted by molar-refractivity contribution is 0.354. The summed E-state index contributed by atoms with van der Waals surface area (Å²) in [5, 5.41) is 4.02. The lowest BCUT2D eigenvalue weighted by Crippen LogP contribution is -2.27. The van der Waals surface area contributed by atoms with Crippen LogP contribution in [0.5, 0.6) is 0 Å². The molecule has 1 aliphatic rings. The van der Waals surface area contributed by atoms with E-state index in [0.29, 0.717) is 16.9 Å². The lowest BCUT2D eigenvalue weighted by atomic mass is 10.1. The van der Waals surface area contributed by atoms with Gasteiger partial charge in [0.2, 0.25) is 21.7 Å². The van der Waals surface area contributed by atoms with Crippen LogP contribution in [-0.4, -0.2) is 28.1 Å². The Morgan fingerprint density at radius 1 is 1.15 bits per heavy atom. The molecule has 10 heteroatoms. The van der Waals surface area contributed by atoms with Gasteiger partial charge in [0, 0.05) is 11.6 Å². The molecule has 2 aromatic carbocycles. The van der Waals surface area contributed by atoms with Gasteiger partial charge in [-0.1, -0.05) is 35.7 Å². The van der Waals surface area contributed by atoms with Crippen LogP contribution in [0.4, 0.5) is 0 Å². The van der Waals surface area contributed by atoms with Crippen LogP contribution in [0.25, 0.3) is 22.4 Å². The van der Waals surface area contributed by atoms with Crippen molar-refractivity contribution >= 4 is 21.1 Å². The fourth-order valence-electron chi connectivity index (χ4n) is 4.39. The molecule has 1 atom stereocenters. The maximum absolute atomic E-state index is 12.7. The number of rotatable bonds is 6. The maximum atomic E-state index is 12.7. The lowest BCUT2D eigenvalue weighted by Gasteiger charge is -2.11. The van der Waals surface area contributed by atoms with E-state index in [9.17, 15) is 13.2 Å². The molecule has 2 heterocycles. The molecule has 1 fully saturated rings. The zero-order chi connectivity index (χ0) is 23.2. The molecule has 0 unspecified atom stereocenters. The number of benzene rings is 2. The normalized spacial score (nSPS) is 15.9. The number of sulfonamides is 1. The third-order valence-electron chi connectivity index (χ3n) is 6.14. The van der Waals surface area contributed by atoms with Crippen molar-refractivity contribution in [2.45, 2.75) is 56.5 Å². The number of aromatic amines is 1. The quantitative estimate of drug-likeness (QED) is 0.444. The highest BCUT2D eigenvalue weighted by Gasteiger charge is 2.24. The highest BCUT2D eigenvalue weighted by atomic mass is 32.2. The Bertz CT molecular complexity index is 1460. The molecule has 0 amide bonds. The second-order valence-electron chi connectivity index (χ2n) is 8.58. The van der Waals surface area contributed by atoms with E-state index in [-0.39, 0.29) is 22.5 Å². The van der Waals surface area contributed by atoms with Crippen LogP contribution in [0.15, 0.2) is 56.7 Å². The number of nitrogens with one attached hydrogen (secondary N) is 2. The van der Waals surface area contributed by atoms with Gasteiger partial charge >= 0.3 is 5.69 Å². The number of imidazole rings is 1. The third-order valence-corrected chi connectivity index (χ3v) is 7.70. The summed E-state index contributed by atoms with van der Waals surface area (Å²) >= 11 is 0. The smallest absolute Gasteiger partial charge is 0.326 e. The highest BCUT2D eigenvalue weighted by molar-refractivity contribution is 7.89. The van der Waals surface area contributed by atoms with Gasteiger partial charge < -0.3 is 9.51 Å². The first-order valence-electron chi connectivity index (χ1n) is 11.0. The minimum atomic E-state index is -3.74. The predicted octanol–water partition coefficient (Wildman–Crippen LogP) is 3.84. The van der Waals surface area contributed by atoms with E-state index in [2.05, 4.69) is 19.8 Å². The summed E-state index contributed by atoms with van der Waals surface area (Å²) in [6.07, 6.45) is 4.30. The van der Waals surface area contributed by atoms with Crippen molar-refractivity contribution in [2.75, 3.05) is 0 Å². The van der Waals surface area contributed by atoms with Crippen LogP contribution < -0.4 is 10.4 Å². The van der Waals surface area contributed by atoms with Crippen molar-refractivity contribution in [3.8, 4) is 11.4 Å². The summed E-state index contributed by atoms with van der Waals surface area (Å²) in [5.41, 5.74) is 3.11. The number of fused-ring (bicyclic) bond motifs is 1. The molecule has 2 N–H and O–H groups in total. The Labute approximate surface area is 190 Å². The molecule has 4 aromatic rings. The van der Waals surface area contributed by atoms with Crippen molar-refractivity contribution in [3.05, 3.63) is 64.4 Å². The molecule has 0 bridgehead atoms. The average Bonchev–Trinajstić information content (AvgIpc) is 3.52. The Kier molecular flexibility index (Phi) is 5.41. The topological polar surface area (TPSA) is 123 Å². The molecule has 0 saturated heterocycles. The van der Waals surface area contributed by atoms with Gasteiger partial charge in [0.05, 0.1) is 22.0 Å². The minimum Gasteiger partial charge on any atom is -0.337 e. The maximum Gasteiger partial charge on any atom is 0.326 e. The molecule has 0 aliphatic heterocycles. The predicted molar refractivity (Wildman–Crippen MR) is 123 cm³/mol. The van der Waals surface area contributed by atoms with Crippen molar-refractivity contribution < 1.29 is 12.9 Å². The van der Waals surface area contributed by atoms with E-state index in [1.54, 1.807) is 31.2 Å². The van der Waals surface area contributed by atoms with Crippen LogP contribution >= 0.6 is 0 Å². The molecule has 33 heavy (non-hydrogen) atoms. The summed E-state index contributed by atoms with van der Waals surface area (Å²) < 4.78 is 35.1. The monoisotopic (exact) mass is 467 g/mol. The second kappa shape index (κ2) is 8.27. The number of nitrogens with zero attached hydrogens (tertiary/aromatic N) is 3. The van der Waals surface area contributed by atoms with Gasteiger partial charge in [-0.15, -0.1) is 0 Å². The summed E-state index contributed by atoms with van der Waals surface area (Å²) in [5.74, 6) is 0.473. The van der Waals surface area contributed by atoms with E-state index >= 15 is 0 Å². The van der Waals surface area contributed by atoms with Gasteiger partial charge in [0.15, 0.2) is 0 Å². The summed E-state index contributed by atoms with van der Waals surface area (Å²) in [6.45, 7) is 3.54. The fraction of sp³-hybridized carbons (Fsp3) is 0.348. The van der Waals surface area contributed by atoms with Gasteiger partial charge in [-0.2, -0.15) is 9.71 Å². The largest absolute Gasteiger partial charge is 0.337 e. The molecule has 1 saturated carbocycles. The SMILES string of the molecule is Cc1ccc(S(=O)(=O)N[C@@H](C)c2nc(-c3ccc4c(c3)[nH]c(=O)n4C3CCCC3)no2)cc1. The molecule has 1 aliphatic carbocycles. The number of aromatic nitrogens is 4. The van der Waals surface area contributed by atoms with E-state index in [4.69, 9.17) is 4.52 Å². The van der Waals surface area contributed by atoms with Gasteiger partial charge in [-0.3, -0.25) is 4.57 Å². The Morgan fingerprint density at radius 2 is 1.88 bits per heavy atom. The first-order valence-corrected chi connectivity index (χ1v) is 12.5. The molecule has 9 nitrogen and oxygen atoms in total. The summed E-state index contributed by atoms with van der Waals surface area (Å²) in [6, 6.07) is 11.7. The van der Waals surface area contributed by atoms with Crippen molar-refractivity contribution in [1.82, 2.24) is 24.4 Å². The molecule has 0 spiro atoms. The second-order valence-corrected chi connectivity index (χ2v) is 10.3. The number of hydrogen-bond acceptors (Lipinski definition) is 6. The molecule has 172 valence electrons. The van der Waals surface area contributed by atoms with Gasteiger partial charge in [0.25, 0.3) is 0 Å². The Balaban J connectivity index is 1.38. The van der Waals surface area contributed by atoms with Crippen LogP contribution in [0.3, 0.4) is 0 Å². The van der Waals surface area contributed by atoms with E-state index in [0.717, 1.165) is 36.8 Å². The number of aryl methyl sites for hydroxylation is 1. The summed E-state index contributed by atoms with van der Waals surface area (Å²) in [7, 11) is -3.74. The Hall–Kier alpha value is -3.24. The highest BCUT2D eigenvalue weighted by Crippen LogP contribution is 2.31. The Morgan fingerprint density at radius 3 is 2.61 bits per heavy atom. The number of H-pyrrole nitrogens is 1. The summed E-state index contributed by atoms with van der Waals surface area (Å²) in [4.78, 5) is 20.0. The molecular weight excluding hydrogens is 442 g/mol. The zero-order valence-electron chi connectivity index (χ0n) is 18.4. The third kappa shape index (κ3) is 4.11. The van der Waals surface area contributed by atoms with Crippen molar-refractivity contribution in [3.63, 3.8) is 0 Å². The van der Waals surface area contributed by atoms with Gasteiger partial charge in [-0.25, -0.2) is 13.2 Å². The minimum absolute atomic E-state index is 0.109. The van der Waals surface area contributed by atoms with Crippen LogP contribution in [0, 0.1) is 6.92 Å². The van der Waals surface area contributed by atoms with Gasteiger partial charge in [-0.05, 0) is 57.0 Å². The molecule has 0 radical (unpaired) electrons. The number of hydrogen-bond donors (Lipinski definition) is 2. The zero-order valence-corrected chi connectivity index (χ0v) is 19.2. The molecule has 2 aromatic heterocycles. The van der Waals surface area contributed by atoms with Crippen LogP contribution in [0.2, 0.25) is 0 Å².